The van der Waals surface area contributed by atoms with Crippen molar-refractivity contribution >= 4 is 21.8 Å². The molecule has 15 heavy (non-hydrogen) atoms. The van der Waals surface area contributed by atoms with E-state index in [1.165, 1.54) is 12.1 Å². The average molecular weight is 270 g/mol. The van der Waals surface area contributed by atoms with E-state index in [9.17, 15) is 9.18 Å². The number of halogens is 2. The van der Waals surface area contributed by atoms with Crippen LogP contribution in [0.15, 0.2) is 22.7 Å². The highest BCUT2D eigenvalue weighted by molar-refractivity contribution is 9.10. The Bertz CT molecular complexity index is 405. The van der Waals surface area contributed by atoms with Crippen molar-refractivity contribution < 1.29 is 9.18 Å². The standard InChI is InChI=1S/C11H9BrFNO/c1-3-7(2)14-11(15)8-4-9(12)6-10(13)5-8/h1,4-7H,2H3,(H,14,15). The summed E-state index contributed by atoms with van der Waals surface area (Å²) < 4.78 is 13.5. The minimum atomic E-state index is -0.470. The van der Waals surface area contributed by atoms with Gasteiger partial charge in [0.15, 0.2) is 0 Å². The lowest BCUT2D eigenvalue weighted by Gasteiger charge is -2.07. The summed E-state index contributed by atoms with van der Waals surface area (Å²) in [5.74, 6) is 1.50. The van der Waals surface area contributed by atoms with Crippen molar-refractivity contribution in [2.45, 2.75) is 13.0 Å². The number of hydrogen-bond acceptors (Lipinski definition) is 1. The molecule has 0 aromatic heterocycles. The van der Waals surface area contributed by atoms with Crippen LogP contribution in [-0.4, -0.2) is 11.9 Å². The first-order valence-corrected chi connectivity index (χ1v) is 5.05. The van der Waals surface area contributed by atoms with Crippen molar-refractivity contribution in [2.24, 2.45) is 0 Å². The quantitative estimate of drug-likeness (QED) is 0.821. The minimum absolute atomic E-state index is 0.240. The van der Waals surface area contributed by atoms with Gasteiger partial charge in [-0.2, -0.15) is 0 Å². The predicted molar refractivity (Wildman–Crippen MR) is 59.9 cm³/mol. The molecule has 1 N–H and O–H groups in total. The Morgan fingerprint density at radius 2 is 2.27 bits per heavy atom. The maximum Gasteiger partial charge on any atom is 0.252 e. The van der Waals surface area contributed by atoms with E-state index in [1.807, 2.05) is 0 Å². The number of hydrogen-bond donors (Lipinski definition) is 1. The molecule has 4 heteroatoms. The highest BCUT2D eigenvalue weighted by Crippen LogP contribution is 2.14. The van der Waals surface area contributed by atoms with Gasteiger partial charge < -0.3 is 5.32 Å². The van der Waals surface area contributed by atoms with E-state index in [-0.39, 0.29) is 17.5 Å². The van der Waals surface area contributed by atoms with Gasteiger partial charge in [0.25, 0.3) is 5.91 Å². The largest absolute Gasteiger partial charge is 0.339 e. The van der Waals surface area contributed by atoms with Crippen LogP contribution in [0.5, 0.6) is 0 Å². The number of carbonyl (C=O) groups is 1. The van der Waals surface area contributed by atoms with E-state index < -0.39 is 5.82 Å². The van der Waals surface area contributed by atoms with Crippen LogP contribution in [-0.2, 0) is 0 Å². The van der Waals surface area contributed by atoms with Crippen molar-refractivity contribution in [1.29, 1.82) is 0 Å². The van der Waals surface area contributed by atoms with Crippen molar-refractivity contribution in [2.75, 3.05) is 0 Å². The Kier molecular flexibility index (Phi) is 3.87. The molecule has 0 saturated heterocycles. The number of terminal acetylenes is 1. The SMILES string of the molecule is C#CC(C)NC(=O)c1cc(F)cc(Br)c1. The molecule has 1 unspecified atom stereocenters. The average Bonchev–Trinajstić information content (AvgIpc) is 2.16. The lowest BCUT2D eigenvalue weighted by molar-refractivity contribution is 0.0947. The highest BCUT2D eigenvalue weighted by atomic mass is 79.9. The Hall–Kier alpha value is -1.34. The molecular weight excluding hydrogens is 261 g/mol. The summed E-state index contributed by atoms with van der Waals surface area (Å²) in [6, 6.07) is 3.59. The van der Waals surface area contributed by atoms with Gasteiger partial charge in [-0.15, -0.1) is 6.42 Å². The summed E-state index contributed by atoms with van der Waals surface area (Å²) in [5.41, 5.74) is 0.240. The third-order valence-electron chi connectivity index (χ3n) is 1.72. The van der Waals surface area contributed by atoms with Crippen molar-refractivity contribution in [1.82, 2.24) is 5.32 Å². The van der Waals surface area contributed by atoms with Crippen LogP contribution in [0.25, 0.3) is 0 Å². The van der Waals surface area contributed by atoms with E-state index in [4.69, 9.17) is 6.42 Å². The van der Waals surface area contributed by atoms with Gasteiger partial charge in [0.05, 0.1) is 6.04 Å². The van der Waals surface area contributed by atoms with Crippen LogP contribution in [0.4, 0.5) is 4.39 Å². The Balaban J connectivity index is 2.88. The third-order valence-corrected chi connectivity index (χ3v) is 2.18. The number of carbonyl (C=O) groups excluding carboxylic acids is 1. The van der Waals surface area contributed by atoms with Crippen molar-refractivity contribution in [3.8, 4) is 12.3 Å². The van der Waals surface area contributed by atoms with Crippen molar-refractivity contribution in [3.63, 3.8) is 0 Å². The Morgan fingerprint density at radius 3 is 2.80 bits per heavy atom. The number of rotatable bonds is 2. The highest BCUT2D eigenvalue weighted by Gasteiger charge is 2.09. The van der Waals surface area contributed by atoms with Crippen LogP contribution in [0.2, 0.25) is 0 Å². The fourth-order valence-corrected chi connectivity index (χ4v) is 1.47. The van der Waals surface area contributed by atoms with Crippen LogP contribution in [0, 0.1) is 18.2 Å². The second-order valence-corrected chi connectivity index (χ2v) is 3.94. The molecule has 1 amide bonds. The van der Waals surface area contributed by atoms with Gasteiger partial charge in [-0.25, -0.2) is 4.39 Å². The second-order valence-electron chi connectivity index (χ2n) is 3.02. The summed E-state index contributed by atoms with van der Waals surface area (Å²) in [4.78, 5) is 11.5. The minimum Gasteiger partial charge on any atom is -0.339 e. The molecule has 1 aromatic rings. The zero-order chi connectivity index (χ0) is 11.4. The molecule has 1 rings (SSSR count). The van der Waals surface area contributed by atoms with Gasteiger partial charge in [-0.3, -0.25) is 4.79 Å². The number of amides is 1. The van der Waals surface area contributed by atoms with E-state index in [2.05, 4.69) is 27.2 Å². The van der Waals surface area contributed by atoms with Gasteiger partial charge in [-0.1, -0.05) is 21.9 Å². The van der Waals surface area contributed by atoms with E-state index in [0.29, 0.717) is 4.47 Å². The van der Waals surface area contributed by atoms with Gasteiger partial charge in [0, 0.05) is 10.0 Å². The molecular formula is C11H9BrFNO. The first kappa shape index (κ1) is 11.7. The predicted octanol–water partition coefficient (Wildman–Crippen LogP) is 2.34. The molecule has 0 bridgehead atoms. The molecule has 0 fully saturated rings. The van der Waals surface area contributed by atoms with Crippen LogP contribution < -0.4 is 5.32 Å². The van der Waals surface area contributed by atoms with E-state index in [0.717, 1.165) is 6.07 Å². The normalized spacial score (nSPS) is 11.6. The van der Waals surface area contributed by atoms with Crippen molar-refractivity contribution in [3.05, 3.63) is 34.1 Å². The monoisotopic (exact) mass is 269 g/mol. The van der Waals surface area contributed by atoms with Crippen LogP contribution in [0.3, 0.4) is 0 Å². The summed E-state index contributed by atoms with van der Waals surface area (Å²) >= 11 is 3.10. The first-order chi connectivity index (χ1) is 7.02. The molecule has 0 aliphatic heterocycles. The van der Waals surface area contributed by atoms with Gasteiger partial charge in [0.2, 0.25) is 0 Å². The number of benzene rings is 1. The lowest BCUT2D eigenvalue weighted by atomic mass is 10.2. The summed E-state index contributed by atoms with van der Waals surface area (Å²) in [6.07, 6.45) is 5.11. The van der Waals surface area contributed by atoms with Crippen LogP contribution >= 0.6 is 15.9 Å². The first-order valence-electron chi connectivity index (χ1n) is 4.26. The maximum absolute atomic E-state index is 13.0. The molecule has 78 valence electrons. The molecule has 1 aromatic carbocycles. The summed E-state index contributed by atoms with van der Waals surface area (Å²) in [5, 5.41) is 2.54. The molecule has 2 nitrogen and oxygen atoms in total. The molecule has 0 spiro atoms. The summed E-state index contributed by atoms with van der Waals surface area (Å²) in [7, 11) is 0. The third kappa shape index (κ3) is 3.37. The molecule has 0 saturated carbocycles. The van der Waals surface area contributed by atoms with E-state index >= 15 is 0 Å². The molecule has 0 aliphatic rings. The smallest absolute Gasteiger partial charge is 0.252 e. The van der Waals surface area contributed by atoms with Gasteiger partial charge in [0.1, 0.15) is 5.82 Å². The zero-order valence-corrected chi connectivity index (χ0v) is 9.64. The van der Waals surface area contributed by atoms with E-state index in [1.54, 1.807) is 6.92 Å². The molecule has 0 heterocycles. The Morgan fingerprint density at radius 1 is 1.60 bits per heavy atom. The Labute approximate surface area is 96.0 Å². The molecule has 1 atom stereocenters. The van der Waals surface area contributed by atoms with Gasteiger partial charge >= 0.3 is 0 Å². The fourth-order valence-electron chi connectivity index (χ4n) is 1.01. The lowest BCUT2D eigenvalue weighted by Crippen LogP contribution is -2.31. The molecule has 0 aliphatic carbocycles. The number of nitrogens with one attached hydrogen (secondary N) is 1. The summed E-state index contributed by atoms with van der Waals surface area (Å²) in [6.45, 7) is 1.67. The molecule has 0 radical (unpaired) electrons. The van der Waals surface area contributed by atoms with Gasteiger partial charge in [-0.05, 0) is 25.1 Å². The topological polar surface area (TPSA) is 29.1 Å². The zero-order valence-electron chi connectivity index (χ0n) is 8.05. The second kappa shape index (κ2) is 4.94. The fraction of sp³-hybridized carbons (Fsp3) is 0.182. The maximum atomic E-state index is 13.0. The van der Waals surface area contributed by atoms with Crippen LogP contribution in [0.1, 0.15) is 17.3 Å².